The number of nitrogens with zero attached hydrogens (tertiary/aromatic N) is 1. The van der Waals surface area contributed by atoms with Crippen LogP contribution in [0.5, 0.6) is 0 Å². The third-order valence-electron chi connectivity index (χ3n) is 2.60. The molecule has 0 aliphatic heterocycles. The minimum atomic E-state index is -0.965. The van der Waals surface area contributed by atoms with Gasteiger partial charge in [-0.25, -0.2) is 9.78 Å². The lowest BCUT2D eigenvalue weighted by Crippen LogP contribution is -2.03. The van der Waals surface area contributed by atoms with Gasteiger partial charge in [-0.2, -0.15) is 0 Å². The number of benzene rings is 1. The largest absolute Gasteiger partial charge is 0.478 e. The van der Waals surface area contributed by atoms with Gasteiger partial charge in [0.15, 0.2) is 0 Å². The zero-order valence-corrected chi connectivity index (χ0v) is 10.1. The molecular formula is C14H14N2O2. The molecule has 0 bridgehead atoms. The van der Waals surface area contributed by atoms with E-state index in [1.807, 2.05) is 19.1 Å². The normalized spacial score (nSPS) is 10.1. The zero-order chi connectivity index (χ0) is 13.0. The average Bonchev–Trinajstić information content (AvgIpc) is 2.38. The molecule has 2 aromatic rings. The van der Waals surface area contributed by atoms with Crippen molar-refractivity contribution < 1.29 is 9.90 Å². The molecule has 0 amide bonds. The first-order chi connectivity index (χ1) is 8.65. The van der Waals surface area contributed by atoms with Crippen LogP contribution in [0.2, 0.25) is 0 Å². The number of hydrogen-bond acceptors (Lipinski definition) is 3. The molecule has 0 aliphatic carbocycles. The van der Waals surface area contributed by atoms with Gasteiger partial charge in [0.2, 0.25) is 0 Å². The third kappa shape index (κ3) is 3.07. The minimum Gasteiger partial charge on any atom is -0.478 e. The predicted molar refractivity (Wildman–Crippen MR) is 69.7 cm³/mol. The van der Waals surface area contributed by atoms with E-state index in [-0.39, 0.29) is 5.56 Å². The second-order valence-corrected chi connectivity index (χ2v) is 4.08. The fourth-order valence-corrected chi connectivity index (χ4v) is 1.52. The molecule has 0 saturated carbocycles. The summed E-state index contributed by atoms with van der Waals surface area (Å²) >= 11 is 0. The Bertz CT molecular complexity index is 533. The van der Waals surface area contributed by atoms with E-state index in [4.69, 9.17) is 5.11 Å². The molecule has 0 atom stereocenters. The summed E-state index contributed by atoms with van der Waals surface area (Å²) in [5, 5.41) is 11.9. The van der Waals surface area contributed by atoms with E-state index in [2.05, 4.69) is 22.4 Å². The van der Waals surface area contributed by atoms with Gasteiger partial charge in [0.05, 0.1) is 5.56 Å². The highest BCUT2D eigenvalue weighted by Gasteiger charge is 2.02. The van der Waals surface area contributed by atoms with Crippen LogP contribution in [-0.2, 0) is 6.54 Å². The van der Waals surface area contributed by atoms with E-state index in [9.17, 15) is 4.79 Å². The number of nitrogens with one attached hydrogen (secondary N) is 1. The second kappa shape index (κ2) is 5.31. The lowest BCUT2D eigenvalue weighted by atomic mass is 10.1. The Balaban J connectivity index is 1.97. The highest BCUT2D eigenvalue weighted by molar-refractivity contribution is 5.87. The first-order valence-corrected chi connectivity index (χ1v) is 5.64. The fourth-order valence-electron chi connectivity index (χ4n) is 1.52. The number of carboxylic acid groups (broad SMARTS) is 1. The minimum absolute atomic E-state index is 0.191. The topological polar surface area (TPSA) is 62.2 Å². The SMILES string of the molecule is Cc1ccc(CNc2ccc(C(=O)O)cn2)cc1. The number of aromatic nitrogens is 1. The molecule has 2 N–H and O–H groups in total. The zero-order valence-electron chi connectivity index (χ0n) is 10.1. The number of pyridine rings is 1. The molecule has 1 aromatic heterocycles. The highest BCUT2D eigenvalue weighted by atomic mass is 16.4. The van der Waals surface area contributed by atoms with Crippen LogP contribution in [0.25, 0.3) is 0 Å². The average molecular weight is 242 g/mol. The number of carbonyl (C=O) groups is 1. The van der Waals surface area contributed by atoms with Crippen molar-refractivity contribution in [2.24, 2.45) is 0 Å². The van der Waals surface area contributed by atoms with Crippen LogP contribution < -0.4 is 5.32 Å². The number of aromatic carboxylic acids is 1. The number of anilines is 1. The molecule has 4 heteroatoms. The molecule has 0 saturated heterocycles. The van der Waals surface area contributed by atoms with E-state index in [1.165, 1.54) is 17.8 Å². The van der Waals surface area contributed by atoms with Gasteiger partial charge in [-0.15, -0.1) is 0 Å². The summed E-state index contributed by atoms with van der Waals surface area (Å²) in [6.07, 6.45) is 1.35. The van der Waals surface area contributed by atoms with Crippen molar-refractivity contribution in [3.63, 3.8) is 0 Å². The molecule has 0 spiro atoms. The predicted octanol–water partition coefficient (Wildman–Crippen LogP) is 2.70. The molecule has 18 heavy (non-hydrogen) atoms. The first-order valence-electron chi connectivity index (χ1n) is 5.64. The van der Waals surface area contributed by atoms with Gasteiger partial charge < -0.3 is 10.4 Å². The summed E-state index contributed by atoms with van der Waals surface area (Å²) in [4.78, 5) is 14.7. The van der Waals surface area contributed by atoms with Crippen molar-refractivity contribution in [2.45, 2.75) is 13.5 Å². The molecule has 2 rings (SSSR count). The van der Waals surface area contributed by atoms with Crippen molar-refractivity contribution in [1.29, 1.82) is 0 Å². The quantitative estimate of drug-likeness (QED) is 0.865. The summed E-state index contributed by atoms with van der Waals surface area (Å²) in [6.45, 7) is 2.71. The Morgan fingerprint density at radius 2 is 1.94 bits per heavy atom. The van der Waals surface area contributed by atoms with E-state index >= 15 is 0 Å². The lowest BCUT2D eigenvalue weighted by Gasteiger charge is -2.06. The molecule has 4 nitrogen and oxygen atoms in total. The monoisotopic (exact) mass is 242 g/mol. The summed E-state index contributed by atoms with van der Waals surface area (Å²) in [5.41, 5.74) is 2.57. The number of aryl methyl sites for hydroxylation is 1. The molecule has 0 radical (unpaired) electrons. The standard InChI is InChI=1S/C14H14N2O2/c1-10-2-4-11(5-3-10)8-15-13-7-6-12(9-16-13)14(17)18/h2-7,9H,8H2,1H3,(H,15,16)(H,17,18). The van der Waals surface area contributed by atoms with Crippen molar-refractivity contribution in [3.8, 4) is 0 Å². The molecule has 1 aromatic carbocycles. The molecule has 0 unspecified atom stereocenters. The van der Waals surface area contributed by atoms with Crippen LogP contribution in [-0.4, -0.2) is 16.1 Å². The van der Waals surface area contributed by atoms with Gasteiger partial charge in [-0.05, 0) is 24.6 Å². The molecular weight excluding hydrogens is 228 g/mol. The van der Waals surface area contributed by atoms with Gasteiger partial charge >= 0.3 is 5.97 Å². The van der Waals surface area contributed by atoms with Crippen LogP contribution in [0.4, 0.5) is 5.82 Å². The summed E-state index contributed by atoms with van der Waals surface area (Å²) < 4.78 is 0. The second-order valence-electron chi connectivity index (χ2n) is 4.08. The highest BCUT2D eigenvalue weighted by Crippen LogP contribution is 2.08. The number of rotatable bonds is 4. The smallest absolute Gasteiger partial charge is 0.337 e. The van der Waals surface area contributed by atoms with Crippen molar-refractivity contribution in [2.75, 3.05) is 5.32 Å². The summed E-state index contributed by atoms with van der Waals surface area (Å²) in [5.74, 6) is -0.298. The van der Waals surface area contributed by atoms with Crippen molar-refractivity contribution >= 4 is 11.8 Å². The van der Waals surface area contributed by atoms with Crippen molar-refractivity contribution in [1.82, 2.24) is 4.98 Å². The van der Waals surface area contributed by atoms with Crippen LogP contribution >= 0.6 is 0 Å². The van der Waals surface area contributed by atoms with Gasteiger partial charge in [-0.3, -0.25) is 0 Å². The van der Waals surface area contributed by atoms with Gasteiger partial charge in [0.1, 0.15) is 5.82 Å². The summed E-state index contributed by atoms with van der Waals surface area (Å²) in [7, 11) is 0. The van der Waals surface area contributed by atoms with Gasteiger partial charge in [-0.1, -0.05) is 29.8 Å². The molecule has 92 valence electrons. The third-order valence-corrected chi connectivity index (χ3v) is 2.60. The van der Waals surface area contributed by atoms with Gasteiger partial charge in [0.25, 0.3) is 0 Å². The fraction of sp³-hybridized carbons (Fsp3) is 0.143. The Labute approximate surface area is 105 Å². The Kier molecular flexibility index (Phi) is 3.57. The first kappa shape index (κ1) is 12.1. The Morgan fingerprint density at radius 1 is 1.22 bits per heavy atom. The maximum Gasteiger partial charge on any atom is 0.337 e. The van der Waals surface area contributed by atoms with Crippen LogP contribution in [0, 0.1) is 6.92 Å². The van der Waals surface area contributed by atoms with Gasteiger partial charge in [0, 0.05) is 12.7 Å². The van der Waals surface area contributed by atoms with Crippen LogP contribution in [0.15, 0.2) is 42.6 Å². The van der Waals surface area contributed by atoms with Crippen molar-refractivity contribution in [3.05, 3.63) is 59.3 Å². The lowest BCUT2D eigenvalue weighted by molar-refractivity contribution is 0.0696. The Hall–Kier alpha value is -2.36. The van der Waals surface area contributed by atoms with E-state index in [0.717, 1.165) is 5.56 Å². The number of carboxylic acids is 1. The summed E-state index contributed by atoms with van der Waals surface area (Å²) in [6, 6.07) is 11.4. The molecule has 0 aliphatic rings. The molecule has 0 fully saturated rings. The Morgan fingerprint density at radius 3 is 2.50 bits per heavy atom. The number of hydrogen-bond donors (Lipinski definition) is 2. The van der Waals surface area contributed by atoms with Crippen LogP contribution in [0.3, 0.4) is 0 Å². The van der Waals surface area contributed by atoms with Crippen LogP contribution in [0.1, 0.15) is 21.5 Å². The maximum absolute atomic E-state index is 10.7. The van der Waals surface area contributed by atoms with E-state index in [0.29, 0.717) is 12.4 Å². The maximum atomic E-state index is 10.7. The molecule has 1 heterocycles. The van der Waals surface area contributed by atoms with E-state index < -0.39 is 5.97 Å². The van der Waals surface area contributed by atoms with E-state index in [1.54, 1.807) is 6.07 Å².